The normalized spacial score (nSPS) is 11.1. The Morgan fingerprint density at radius 2 is 2.11 bits per heavy atom. The van der Waals surface area contributed by atoms with E-state index in [1.54, 1.807) is 18.5 Å². The van der Waals surface area contributed by atoms with Gasteiger partial charge >= 0.3 is 0 Å². The molecule has 0 spiro atoms. The van der Waals surface area contributed by atoms with Crippen LogP contribution in [0.5, 0.6) is 0 Å². The van der Waals surface area contributed by atoms with Gasteiger partial charge in [-0.25, -0.2) is 14.4 Å². The van der Waals surface area contributed by atoms with Crippen molar-refractivity contribution in [1.29, 1.82) is 0 Å². The highest BCUT2D eigenvalue weighted by Crippen LogP contribution is 2.18. The van der Waals surface area contributed by atoms with Gasteiger partial charge in [0.15, 0.2) is 5.65 Å². The van der Waals surface area contributed by atoms with Crippen LogP contribution in [0.1, 0.15) is 11.3 Å². The van der Waals surface area contributed by atoms with Gasteiger partial charge in [0.2, 0.25) is 0 Å². The Morgan fingerprint density at radius 1 is 1.26 bits per heavy atom. The van der Waals surface area contributed by atoms with Crippen molar-refractivity contribution in [2.45, 2.75) is 13.5 Å². The number of hydrogen-bond donors (Lipinski definition) is 0. The molecule has 0 aliphatic heterocycles. The maximum absolute atomic E-state index is 13.1. The molecule has 0 unspecified atom stereocenters. The number of fused-ring (bicyclic) bond motifs is 1. The SMILES string of the molecule is Cc1ccc2c(ncn2Cc2ccc(F)c(Cl)c2)n1. The van der Waals surface area contributed by atoms with E-state index in [9.17, 15) is 4.39 Å². The van der Waals surface area contributed by atoms with Crippen molar-refractivity contribution in [2.75, 3.05) is 0 Å². The van der Waals surface area contributed by atoms with Gasteiger partial charge in [-0.15, -0.1) is 0 Å². The maximum atomic E-state index is 13.1. The van der Waals surface area contributed by atoms with Crippen molar-refractivity contribution in [3.05, 3.63) is 58.8 Å². The Kier molecular flexibility index (Phi) is 2.95. The van der Waals surface area contributed by atoms with E-state index in [1.807, 2.05) is 23.6 Å². The van der Waals surface area contributed by atoms with Gasteiger partial charge in [0.1, 0.15) is 5.82 Å². The van der Waals surface area contributed by atoms with Crippen LogP contribution >= 0.6 is 11.6 Å². The molecule has 0 aliphatic rings. The molecular formula is C14H11ClFN3. The minimum Gasteiger partial charge on any atom is -0.325 e. The molecule has 0 amide bonds. The third-order valence-electron chi connectivity index (χ3n) is 2.96. The van der Waals surface area contributed by atoms with E-state index in [1.165, 1.54) is 6.07 Å². The largest absolute Gasteiger partial charge is 0.325 e. The summed E-state index contributed by atoms with van der Waals surface area (Å²) < 4.78 is 15.1. The fourth-order valence-corrected chi connectivity index (χ4v) is 2.21. The van der Waals surface area contributed by atoms with E-state index in [0.29, 0.717) is 12.2 Å². The van der Waals surface area contributed by atoms with Crippen LogP contribution in [-0.4, -0.2) is 14.5 Å². The van der Waals surface area contributed by atoms with Gasteiger partial charge in [-0.3, -0.25) is 0 Å². The molecule has 0 saturated carbocycles. The molecule has 0 fully saturated rings. The summed E-state index contributed by atoms with van der Waals surface area (Å²) >= 11 is 5.78. The third kappa shape index (κ3) is 2.31. The Labute approximate surface area is 114 Å². The number of nitrogens with zero attached hydrogens (tertiary/aromatic N) is 3. The van der Waals surface area contributed by atoms with Crippen LogP contribution in [-0.2, 0) is 6.54 Å². The van der Waals surface area contributed by atoms with Crippen LogP contribution in [0.2, 0.25) is 5.02 Å². The second kappa shape index (κ2) is 4.63. The van der Waals surface area contributed by atoms with Crippen LogP contribution in [0.4, 0.5) is 4.39 Å². The first-order valence-electron chi connectivity index (χ1n) is 5.86. The number of imidazole rings is 1. The first-order valence-corrected chi connectivity index (χ1v) is 6.24. The van der Waals surface area contributed by atoms with Crippen LogP contribution in [0.25, 0.3) is 11.2 Å². The van der Waals surface area contributed by atoms with Crippen molar-refractivity contribution in [1.82, 2.24) is 14.5 Å². The zero-order valence-corrected chi connectivity index (χ0v) is 11.0. The smallest absolute Gasteiger partial charge is 0.177 e. The van der Waals surface area contributed by atoms with Crippen molar-refractivity contribution < 1.29 is 4.39 Å². The third-order valence-corrected chi connectivity index (χ3v) is 3.25. The predicted molar refractivity (Wildman–Crippen MR) is 72.8 cm³/mol. The van der Waals surface area contributed by atoms with Gasteiger partial charge in [-0.05, 0) is 36.8 Å². The monoisotopic (exact) mass is 275 g/mol. The van der Waals surface area contributed by atoms with Crippen molar-refractivity contribution >= 4 is 22.8 Å². The fraction of sp³-hybridized carbons (Fsp3) is 0.143. The molecule has 0 N–H and O–H groups in total. The minimum absolute atomic E-state index is 0.135. The summed E-state index contributed by atoms with van der Waals surface area (Å²) in [4.78, 5) is 8.61. The standard InChI is InChI=1S/C14H11ClFN3/c1-9-2-5-13-14(18-9)17-8-19(13)7-10-3-4-12(16)11(15)6-10/h2-6,8H,7H2,1H3. The van der Waals surface area contributed by atoms with Gasteiger partial charge in [-0.2, -0.15) is 0 Å². The molecule has 0 atom stereocenters. The maximum Gasteiger partial charge on any atom is 0.177 e. The van der Waals surface area contributed by atoms with Crippen molar-refractivity contribution in [3.63, 3.8) is 0 Å². The Bertz CT molecular complexity index is 752. The quantitative estimate of drug-likeness (QED) is 0.716. The molecule has 2 aromatic heterocycles. The number of rotatable bonds is 2. The molecular weight excluding hydrogens is 265 g/mol. The highest BCUT2D eigenvalue weighted by Gasteiger charge is 2.06. The molecule has 0 saturated heterocycles. The van der Waals surface area contributed by atoms with E-state index >= 15 is 0 Å². The highest BCUT2D eigenvalue weighted by molar-refractivity contribution is 6.30. The molecule has 96 valence electrons. The molecule has 19 heavy (non-hydrogen) atoms. The average molecular weight is 276 g/mol. The summed E-state index contributed by atoms with van der Waals surface area (Å²) in [6.45, 7) is 2.51. The van der Waals surface area contributed by atoms with E-state index in [-0.39, 0.29) is 5.02 Å². The summed E-state index contributed by atoms with van der Waals surface area (Å²) in [6, 6.07) is 8.64. The van der Waals surface area contributed by atoms with Crippen LogP contribution < -0.4 is 0 Å². The van der Waals surface area contributed by atoms with Gasteiger partial charge in [0.25, 0.3) is 0 Å². The number of benzene rings is 1. The summed E-state index contributed by atoms with van der Waals surface area (Å²) in [5.41, 5.74) is 3.52. The van der Waals surface area contributed by atoms with E-state index in [4.69, 9.17) is 11.6 Å². The topological polar surface area (TPSA) is 30.7 Å². The van der Waals surface area contributed by atoms with E-state index in [2.05, 4.69) is 9.97 Å². The molecule has 3 rings (SSSR count). The number of aromatic nitrogens is 3. The lowest BCUT2D eigenvalue weighted by atomic mass is 10.2. The average Bonchev–Trinajstić information content (AvgIpc) is 2.76. The van der Waals surface area contributed by atoms with Gasteiger partial charge < -0.3 is 4.57 Å². The lowest BCUT2D eigenvalue weighted by Crippen LogP contribution is -1.98. The van der Waals surface area contributed by atoms with Crippen molar-refractivity contribution in [3.8, 4) is 0 Å². The molecule has 3 aromatic rings. The second-order valence-electron chi connectivity index (χ2n) is 4.42. The van der Waals surface area contributed by atoms with Crippen LogP contribution in [0.15, 0.2) is 36.7 Å². The summed E-state index contributed by atoms with van der Waals surface area (Å²) in [6.07, 6.45) is 1.73. The first kappa shape index (κ1) is 12.1. The zero-order chi connectivity index (χ0) is 13.4. The van der Waals surface area contributed by atoms with Gasteiger partial charge in [0.05, 0.1) is 16.9 Å². The van der Waals surface area contributed by atoms with Gasteiger partial charge in [-0.1, -0.05) is 17.7 Å². The molecule has 0 aliphatic carbocycles. The molecule has 3 nitrogen and oxygen atoms in total. The molecule has 0 radical (unpaired) electrons. The summed E-state index contributed by atoms with van der Waals surface area (Å²) in [5.74, 6) is -0.404. The molecule has 0 bridgehead atoms. The number of pyridine rings is 1. The van der Waals surface area contributed by atoms with Crippen LogP contribution in [0.3, 0.4) is 0 Å². The predicted octanol–water partition coefficient (Wildman–Crippen LogP) is 3.58. The summed E-state index contributed by atoms with van der Waals surface area (Å²) in [7, 11) is 0. The molecule has 1 aromatic carbocycles. The highest BCUT2D eigenvalue weighted by atomic mass is 35.5. The molecule has 5 heteroatoms. The van der Waals surface area contributed by atoms with Crippen molar-refractivity contribution in [2.24, 2.45) is 0 Å². The lowest BCUT2D eigenvalue weighted by molar-refractivity contribution is 0.627. The Morgan fingerprint density at radius 3 is 2.89 bits per heavy atom. The minimum atomic E-state index is -0.404. The lowest BCUT2D eigenvalue weighted by Gasteiger charge is -2.05. The fourth-order valence-electron chi connectivity index (χ4n) is 2.00. The van der Waals surface area contributed by atoms with E-state index < -0.39 is 5.82 Å². The first-order chi connectivity index (χ1) is 9.13. The number of aryl methyl sites for hydroxylation is 1. The van der Waals surface area contributed by atoms with Gasteiger partial charge in [0, 0.05) is 12.2 Å². The number of hydrogen-bond acceptors (Lipinski definition) is 2. The second-order valence-corrected chi connectivity index (χ2v) is 4.82. The summed E-state index contributed by atoms with van der Waals surface area (Å²) in [5, 5.41) is 0.135. The Hall–Kier alpha value is -1.94. The van der Waals surface area contributed by atoms with E-state index in [0.717, 1.165) is 16.8 Å². The Balaban J connectivity index is 1.98. The number of halogens is 2. The molecule has 2 heterocycles. The zero-order valence-electron chi connectivity index (χ0n) is 10.3. The van der Waals surface area contributed by atoms with Crippen LogP contribution in [0, 0.1) is 12.7 Å².